The lowest BCUT2D eigenvalue weighted by Gasteiger charge is -2.26. The van der Waals surface area contributed by atoms with Crippen LogP contribution in [0.25, 0.3) is 0 Å². The second kappa shape index (κ2) is 4.68. The first-order chi connectivity index (χ1) is 7.64. The van der Waals surface area contributed by atoms with E-state index in [-0.39, 0.29) is 0 Å². The zero-order chi connectivity index (χ0) is 11.6. The van der Waals surface area contributed by atoms with Gasteiger partial charge in [-0.05, 0) is 29.9 Å². The van der Waals surface area contributed by atoms with Crippen LogP contribution in [0.4, 0.5) is 0 Å². The highest BCUT2D eigenvalue weighted by Gasteiger charge is 2.38. The van der Waals surface area contributed by atoms with Crippen molar-refractivity contribution in [1.29, 1.82) is 0 Å². The summed E-state index contributed by atoms with van der Waals surface area (Å²) < 4.78 is 5.12. The summed E-state index contributed by atoms with van der Waals surface area (Å²) in [7, 11) is 1.66. The van der Waals surface area contributed by atoms with Crippen LogP contribution < -0.4 is 4.74 Å². The molecule has 1 aliphatic heterocycles. The van der Waals surface area contributed by atoms with Crippen molar-refractivity contribution in [2.24, 2.45) is 0 Å². The Morgan fingerprint density at radius 1 is 1.44 bits per heavy atom. The van der Waals surface area contributed by atoms with Crippen molar-refractivity contribution in [3.05, 3.63) is 29.8 Å². The first-order valence-electron chi connectivity index (χ1n) is 5.61. The number of rotatable bonds is 3. The molecule has 1 saturated heterocycles. The van der Waals surface area contributed by atoms with Crippen LogP contribution in [0.5, 0.6) is 5.75 Å². The van der Waals surface area contributed by atoms with Gasteiger partial charge in [0.1, 0.15) is 5.75 Å². The molecule has 0 aromatic heterocycles. The van der Waals surface area contributed by atoms with Crippen molar-refractivity contribution in [3.8, 4) is 5.75 Å². The predicted molar refractivity (Wildman–Crippen MR) is 68.2 cm³/mol. The Hall–Kier alpha value is -0.670. The molecule has 2 atom stereocenters. The number of aliphatic hydroxyl groups is 1. The van der Waals surface area contributed by atoms with E-state index in [9.17, 15) is 5.11 Å². The first-order valence-corrected chi connectivity index (χ1v) is 6.66. The molecule has 1 N–H and O–H groups in total. The predicted octanol–water partition coefficient (Wildman–Crippen LogP) is 2.49. The second-order valence-corrected chi connectivity index (χ2v) is 5.84. The number of thioether (sulfide) groups is 1. The Kier molecular flexibility index (Phi) is 3.45. The highest BCUT2D eigenvalue weighted by molar-refractivity contribution is 8.00. The largest absolute Gasteiger partial charge is 0.497 e. The van der Waals surface area contributed by atoms with Crippen LogP contribution in [0.15, 0.2) is 24.3 Å². The van der Waals surface area contributed by atoms with E-state index >= 15 is 0 Å². The standard InChI is InChI=1S/C13H18O2S/c1-10-13(14,7-8-16-10)9-11-3-5-12(15-2)6-4-11/h3-6,10,14H,7-9H2,1-2H3. The minimum absolute atomic E-state index is 0.328. The molecule has 1 heterocycles. The van der Waals surface area contributed by atoms with Crippen molar-refractivity contribution in [3.63, 3.8) is 0 Å². The maximum atomic E-state index is 10.5. The summed E-state index contributed by atoms with van der Waals surface area (Å²) in [6.07, 6.45) is 1.63. The lowest BCUT2D eigenvalue weighted by atomic mass is 9.89. The third-order valence-electron chi connectivity index (χ3n) is 3.33. The Balaban J connectivity index is 2.08. The minimum Gasteiger partial charge on any atom is -0.497 e. The van der Waals surface area contributed by atoms with E-state index in [0.717, 1.165) is 24.3 Å². The molecule has 2 rings (SSSR count). The van der Waals surface area contributed by atoms with Gasteiger partial charge in [0, 0.05) is 11.7 Å². The zero-order valence-electron chi connectivity index (χ0n) is 9.77. The normalized spacial score (nSPS) is 29.3. The van der Waals surface area contributed by atoms with Crippen molar-refractivity contribution in [1.82, 2.24) is 0 Å². The average molecular weight is 238 g/mol. The van der Waals surface area contributed by atoms with Gasteiger partial charge in [-0.25, -0.2) is 0 Å². The van der Waals surface area contributed by atoms with Crippen molar-refractivity contribution in [2.75, 3.05) is 12.9 Å². The van der Waals surface area contributed by atoms with E-state index in [1.54, 1.807) is 7.11 Å². The van der Waals surface area contributed by atoms with Crippen LogP contribution in [0, 0.1) is 0 Å². The summed E-state index contributed by atoms with van der Waals surface area (Å²) in [5.74, 6) is 1.93. The van der Waals surface area contributed by atoms with Gasteiger partial charge in [-0.15, -0.1) is 0 Å². The molecular formula is C13H18O2S. The smallest absolute Gasteiger partial charge is 0.118 e. The number of benzene rings is 1. The van der Waals surface area contributed by atoms with Crippen LogP contribution >= 0.6 is 11.8 Å². The maximum Gasteiger partial charge on any atom is 0.118 e. The summed E-state index contributed by atoms with van der Waals surface area (Å²) in [6, 6.07) is 7.97. The fourth-order valence-corrected chi connectivity index (χ4v) is 3.44. The maximum absolute atomic E-state index is 10.5. The number of methoxy groups -OCH3 is 1. The van der Waals surface area contributed by atoms with Gasteiger partial charge in [0.05, 0.1) is 12.7 Å². The van der Waals surface area contributed by atoms with Gasteiger partial charge < -0.3 is 9.84 Å². The molecule has 2 unspecified atom stereocenters. The molecule has 0 aliphatic carbocycles. The van der Waals surface area contributed by atoms with E-state index in [4.69, 9.17) is 4.74 Å². The summed E-state index contributed by atoms with van der Waals surface area (Å²) in [6.45, 7) is 2.11. The SMILES string of the molecule is COc1ccc(CC2(O)CCSC2C)cc1. The molecule has 1 aromatic rings. The molecule has 1 aromatic carbocycles. The van der Waals surface area contributed by atoms with Gasteiger partial charge in [0.25, 0.3) is 0 Å². The molecule has 1 aliphatic rings. The van der Waals surface area contributed by atoms with Gasteiger partial charge in [-0.1, -0.05) is 19.1 Å². The van der Waals surface area contributed by atoms with Gasteiger partial charge in [-0.3, -0.25) is 0 Å². The van der Waals surface area contributed by atoms with Crippen LogP contribution in [-0.4, -0.2) is 28.8 Å². The molecule has 88 valence electrons. The highest BCUT2D eigenvalue weighted by atomic mass is 32.2. The summed E-state index contributed by atoms with van der Waals surface area (Å²) >= 11 is 1.86. The first kappa shape index (κ1) is 11.8. The van der Waals surface area contributed by atoms with E-state index in [1.807, 2.05) is 36.0 Å². The number of hydrogen-bond acceptors (Lipinski definition) is 3. The Bertz CT molecular complexity index is 349. The molecule has 1 fully saturated rings. The molecule has 2 nitrogen and oxygen atoms in total. The van der Waals surface area contributed by atoms with Gasteiger partial charge in [-0.2, -0.15) is 11.8 Å². The zero-order valence-corrected chi connectivity index (χ0v) is 10.6. The van der Waals surface area contributed by atoms with Crippen LogP contribution in [0.2, 0.25) is 0 Å². The third kappa shape index (κ3) is 2.36. The fraction of sp³-hybridized carbons (Fsp3) is 0.538. The monoisotopic (exact) mass is 238 g/mol. The van der Waals surface area contributed by atoms with Crippen LogP contribution in [-0.2, 0) is 6.42 Å². The average Bonchev–Trinajstić information content (AvgIpc) is 2.60. The third-order valence-corrected chi connectivity index (χ3v) is 4.71. The molecule has 0 amide bonds. The number of ether oxygens (including phenoxy) is 1. The molecule has 0 radical (unpaired) electrons. The molecular weight excluding hydrogens is 220 g/mol. The number of hydrogen-bond donors (Lipinski definition) is 1. The summed E-state index contributed by atoms with van der Waals surface area (Å²) in [4.78, 5) is 0. The van der Waals surface area contributed by atoms with E-state index in [0.29, 0.717) is 5.25 Å². The van der Waals surface area contributed by atoms with Gasteiger partial charge in [0.2, 0.25) is 0 Å². The van der Waals surface area contributed by atoms with Crippen LogP contribution in [0.1, 0.15) is 18.9 Å². The highest BCUT2D eigenvalue weighted by Crippen LogP contribution is 2.37. The Morgan fingerprint density at radius 3 is 2.62 bits per heavy atom. The minimum atomic E-state index is -0.529. The van der Waals surface area contributed by atoms with Gasteiger partial charge in [0.15, 0.2) is 0 Å². The lowest BCUT2D eigenvalue weighted by Crippen LogP contribution is -2.36. The Morgan fingerprint density at radius 2 is 2.12 bits per heavy atom. The summed E-state index contributed by atoms with van der Waals surface area (Å²) in [5.41, 5.74) is 0.650. The van der Waals surface area contributed by atoms with E-state index in [2.05, 4.69) is 6.92 Å². The van der Waals surface area contributed by atoms with E-state index < -0.39 is 5.60 Å². The molecule has 0 bridgehead atoms. The van der Waals surface area contributed by atoms with Gasteiger partial charge >= 0.3 is 0 Å². The van der Waals surface area contributed by atoms with E-state index in [1.165, 1.54) is 5.56 Å². The summed E-state index contributed by atoms with van der Waals surface area (Å²) in [5, 5.41) is 10.8. The molecule has 16 heavy (non-hydrogen) atoms. The van der Waals surface area contributed by atoms with Crippen molar-refractivity contribution >= 4 is 11.8 Å². The van der Waals surface area contributed by atoms with Crippen molar-refractivity contribution in [2.45, 2.75) is 30.6 Å². The Labute approximate surface area is 101 Å². The lowest BCUT2D eigenvalue weighted by molar-refractivity contribution is 0.0464. The van der Waals surface area contributed by atoms with Crippen molar-refractivity contribution < 1.29 is 9.84 Å². The van der Waals surface area contributed by atoms with Crippen LogP contribution in [0.3, 0.4) is 0 Å². The molecule has 0 saturated carbocycles. The quantitative estimate of drug-likeness (QED) is 0.877. The second-order valence-electron chi connectivity index (χ2n) is 4.39. The molecule has 0 spiro atoms. The molecule has 3 heteroatoms. The topological polar surface area (TPSA) is 29.5 Å². The fourth-order valence-electron chi connectivity index (χ4n) is 2.10.